The van der Waals surface area contributed by atoms with Crippen molar-refractivity contribution in [3.8, 4) is 0 Å². The molecule has 0 aromatic carbocycles. The molecule has 1 fully saturated rings. The molecular weight excluding hydrogens is 236 g/mol. The van der Waals surface area contributed by atoms with Crippen LogP contribution in [-0.4, -0.2) is 35.4 Å². The maximum Gasteiger partial charge on any atom is 0.267 e. The van der Waals surface area contributed by atoms with Crippen LogP contribution in [0.5, 0.6) is 0 Å². The molecule has 1 aliphatic carbocycles. The van der Waals surface area contributed by atoms with Crippen LogP contribution in [0, 0.1) is 0 Å². The Balaban J connectivity index is 2.10. The first-order valence-electron chi connectivity index (χ1n) is 5.51. The van der Waals surface area contributed by atoms with Gasteiger partial charge in [0.25, 0.3) is 5.91 Å². The topological polar surface area (TPSA) is 71.2 Å². The lowest BCUT2D eigenvalue weighted by atomic mass is 10.4. The van der Waals surface area contributed by atoms with Crippen molar-refractivity contribution in [2.45, 2.75) is 18.9 Å². The van der Waals surface area contributed by atoms with E-state index in [1.54, 1.807) is 18.0 Å². The summed E-state index contributed by atoms with van der Waals surface area (Å²) in [5.41, 5.74) is 5.76. The lowest BCUT2D eigenvalue weighted by Crippen LogP contribution is -2.26. The number of hydrogen-bond acceptors (Lipinski definition) is 5. The highest BCUT2D eigenvalue weighted by Crippen LogP contribution is 2.30. The molecule has 0 spiro atoms. The average molecular weight is 252 g/mol. The van der Waals surface area contributed by atoms with Gasteiger partial charge in [0.05, 0.1) is 0 Å². The van der Waals surface area contributed by atoms with Crippen molar-refractivity contribution in [3.05, 3.63) is 17.5 Å². The molecule has 1 saturated carbocycles. The minimum atomic E-state index is -0.108. The summed E-state index contributed by atoms with van der Waals surface area (Å²) < 4.78 is 0. The van der Waals surface area contributed by atoms with Gasteiger partial charge in [-0.05, 0) is 12.8 Å². The van der Waals surface area contributed by atoms with Gasteiger partial charge < -0.3 is 16.0 Å². The van der Waals surface area contributed by atoms with Crippen molar-refractivity contribution in [3.63, 3.8) is 0 Å². The number of carbonyl (C=O) groups is 1. The Bertz CT molecular complexity index is 439. The molecule has 0 atom stereocenters. The van der Waals surface area contributed by atoms with Crippen molar-refractivity contribution in [2.24, 2.45) is 0 Å². The zero-order valence-corrected chi connectivity index (χ0v) is 10.6. The predicted molar refractivity (Wildman–Crippen MR) is 70.3 cm³/mol. The molecule has 0 radical (unpaired) electrons. The van der Waals surface area contributed by atoms with Gasteiger partial charge in [0, 0.05) is 19.6 Å². The van der Waals surface area contributed by atoms with E-state index in [1.165, 1.54) is 24.2 Å². The predicted octanol–water partition coefficient (Wildman–Crippen LogP) is 1.56. The number of carbonyl (C=O) groups excluding carboxylic acids is 1. The second-order valence-corrected chi connectivity index (χ2v) is 5.13. The van der Waals surface area contributed by atoms with Crippen LogP contribution < -0.4 is 11.1 Å². The highest BCUT2D eigenvalue weighted by Gasteiger charge is 2.24. The fourth-order valence-corrected chi connectivity index (χ4v) is 2.36. The van der Waals surface area contributed by atoms with Crippen LogP contribution in [-0.2, 0) is 0 Å². The first-order chi connectivity index (χ1) is 8.11. The van der Waals surface area contributed by atoms with E-state index in [-0.39, 0.29) is 5.91 Å². The molecule has 3 N–H and O–H groups in total. The molecule has 5 nitrogen and oxygen atoms in total. The number of rotatable bonds is 5. The van der Waals surface area contributed by atoms with Crippen molar-refractivity contribution in [2.75, 3.05) is 24.6 Å². The van der Waals surface area contributed by atoms with E-state index in [4.69, 9.17) is 5.73 Å². The summed E-state index contributed by atoms with van der Waals surface area (Å²) in [6.07, 6.45) is 4.01. The first-order valence-corrected chi connectivity index (χ1v) is 6.32. The van der Waals surface area contributed by atoms with Gasteiger partial charge in [-0.1, -0.05) is 17.4 Å². The molecule has 0 saturated heterocycles. The highest BCUT2D eigenvalue weighted by molar-refractivity contribution is 7.18. The van der Waals surface area contributed by atoms with Gasteiger partial charge >= 0.3 is 0 Å². The second kappa shape index (κ2) is 4.75. The summed E-state index contributed by atoms with van der Waals surface area (Å²) in [4.78, 5) is 18.2. The molecule has 1 heterocycles. The van der Waals surface area contributed by atoms with Crippen LogP contribution in [0.2, 0.25) is 0 Å². The number of amides is 1. The Morgan fingerprint density at radius 1 is 1.76 bits per heavy atom. The summed E-state index contributed by atoms with van der Waals surface area (Å²) in [6.45, 7) is 4.10. The SMILES string of the molecule is C=CCN(C)C(=O)c1sc(NC2CC2)nc1N. The molecular formula is C11H16N4OS. The number of nitrogens with two attached hydrogens (primary N) is 1. The van der Waals surface area contributed by atoms with Gasteiger partial charge in [0.1, 0.15) is 10.7 Å². The number of hydrogen-bond donors (Lipinski definition) is 2. The molecule has 0 aliphatic heterocycles. The maximum absolute atomic E-state index is 12.0. The van der Waals surface area contributed by atoms with Crippen LogP contribution in [0.15, 0.2) is 12.7 Å². The Labute approximate surface area is 104 Å². The minimum absolute atomic E-state index is 0.108. The normalized spacial score (nSPS) is 14.4. The van der Waals surface area contributed by atoms with Gasteiger partial charge in [-0.25, -0.2) is 4.98 Å². The number of nitrogen functional groups attached to an aromatic ring is 1. The number of aromatic nitrogens is 1. The Morgan fingerprint density at radius 2 is 2.47 bits per heavy atom. The zero-order chi connectivity index (χ0) is 12.4. The maximum atomic E-state index is 12.0. The summed E-state index contributed by atoms with van der Waals surface area (Å²) in [5, 5.41) is 3.98. The number of likely N-dealkylation sites (N-methyl/N-ethyl adjacent to an activating group) is 1. The van der Waals surface area contributed by atoms with Crippen LogP contribution in [0.1, 0.15) is 22.5 Å². The van der Waals surface area contributed by atoms with Crippen molar-refractivity contribution >= 4 is 28.2 Å². The molecule has 0 bridgehead atoms. The van der Waals surface area contributed by atoms with Gasteiger partial charge in [-0.3, -0.25) is 4.79 Å². The second-order valence-electron chi connectivity index (χ2n) is 4.13. The Hall–Kier alpha value is -1.56. The van der Waals surface area contributed by atoms with Gasteiger partial charge in [0.2, 0.25) is 0 Å². The van der Waals surface area contributed by atoms with Crippen molar-refractivity contribution in [1.29, 1.82) is 0 Å². The number of nitrogens with zero attached hydrogens (tertiary/aromatic N) is 2. The summed E-state index contributed by atoms with van der Waals surface area (Å²) in [6, 6.07) is 0.509. The van der Waals surface area contributed by atoms with Crippen molar-refractivity contribution < 1.29 is 4.79 Å². The largest absolute Gasteiger partial charge is 0.382 e. The lowest BCUT2D eigenvalue weighted by Gasteiger charge is -2.13. The smallest absolute Gasteiger partial charge is 0.267 e. The first kappa shape index (κ1) is 11.9. The summed E-state index contributed by atoms with van der Waals surface area (Å²) in [5.74, 6) is 0.197. The van der Waals surface area contributed by atoms with Crippen LogP contribution in [0.4, 0.5) is 10.9 Å². The average Bonchev–Trinajstić information content (AvgIpc) is 3.01. The number of thiazole rings is 1. The molecule has 6 heteroatoms. The third-order valence-corrected chi connectivity index (χ3v) is 3.49. The van der Waals surface area contributed by atoms with E-state index >= 15 is 0 Å². The molecule has 1 aliphatic rings. The summed E-state index contributed by atoms with van der Waals surface area (Å²) >= 11 is 1.32. The van der Waals surface area contributed by atoms with Crippen LogP contribution in [0.25, 0.3) is 0 Å². The van der Waals surface area contributed by atoms with Crippen LogP contribution >= 0.6 is 11.3 Å². The third kappa shape index (κ3) is 2.76. The van der Waals surface area contributed by atoms with E-state index in [1.807, 2.05) is 0 Å². The van der Waals surface area contributed by atoms with Crippen LogP contribution in [0.3, 0.4) is 0 Å². The fourth-order valence-electron chi connectivity index (χ4n) is 1.40. The van der Waals surface area contributed by atoms with E-state index < -0.39 is 0 Å². The minimum Gasteiger partial charge on any atom is -0.382 e. The standard InChI is InChI=1S/C11H16N4OS/c1-3-6-15(2)10(16)8-9(12)14-11(17-8)13-7-4-5-7/h3,7H,1,4-6,12H2,2H3,(H,13,14). The van der Waals surface area contributed by atoms with E-state index in [2.05, 4.69) is 16.9 Å². The molecule has 0 unspecified atom stereocenters. The quantitative estimate of drug-likeness (QED) is 0.780. The zero-order valence-electron chi connectivity index (χ0n) is 9.77. The highest BCUT2D eigenvalue weighted by atomic mass is 32.1. The van der Waals surface area contributed by atoms with Gasteiger partial charge in [-0.15, -0.1) is 6.58 Å². The van der Waals surface area contributed by atoms with Gasteiger partial charge in [0.15, 0.2) is 5.13 Å². The summed E-state index contributed by atoms with van der Waals surface area (Å²) in [7, 11) is 1.72. The van der Waals surface area contributed by atoms with Gasteiger partial charge in [-0.2, -0.15) is 0 Å². The molecule has 92 valence electrons. The molecule has 2 rings (SSSR count). The monoisotopic (exact) mass is 252 g/mol. The van der Waals surface area contributed by atoms with E-state index in [9.17, 15) is 4.79 Å². The fraction of sp³-hybridized carbons (Fsp3) is 0.455. The third-order valence-electron chi connectivity index (χ3n) is 2.50. The lowest BCUT2D eigenvalue weighted by molar-refractivity contribution is 0.0815. The molecule has 1 amide bonds. The molecule has 1 aromatic rings. The Kier molecular flexibility index (Phi) is 3.33. The number of nitrogens with one attached hydrogen (secondary N) is 1. The number of anilines is 2. The molecule has 1 aromatic heterocycles. The Morgan fingerprint density at radius 3 is 3.06 bits per heavy atom. The molecule has 17 heavy (non-hydrogen) atoms. The van der Waals surface area contributed by atoms with E-state index in [0.29, 0.717) is 23.3 Å². The van der Waals surface area contributed by atoms with Crippen molar-refractivity contribution in [1.82, 2.24) is 9.88 Å². The van der Waals surface area contributed by atoms with E-state index in [0.717, 1.165) is 5.13 Å².